The van der Waals surface area contributed by atoms with Crippen molar-refractivity contribution in [1.82, 2.24) is 9.88 Å². The van der Waals surface area contributed by atoms with Gasteiger partial charge in [0.1, 0.15) is 0 Å². The van der Waals surface area contributed by atoms with Gasteiger partial charge in [-0.1, -0.05) is 37.3 Å². The highest BCUT2D eigenvalue weighted by Gasteiger charge is 2.11. The molecule has 0 saturated carbocycles. The minimum atomic E-state index is -0.423. The number of hydrogen-bond donors (Lipinski definition) is 1. The third-order valence-electron chi connectivity index (χ3n) is 3.53. The zero-order chi connectivity index (χ0) is 14.2. The Hall–Kier alpha value is -1.71. The standard InChI is InChI=1S/C17H22N2O/c1-2-19(13-10-15-8-11-18-12-9-15)14-17(20)16-6-4-3-5-7-16/h3-9,11-12,17,20H,2,10,13-14H2,1H3. The van der Waals surface area contributed by atoms with Crippen molar-refractivity contribution in [2.45, 2.75) is 19.4 Å². The third kappa shape index (κ3) is 4.44. The molecule has 0 bridgehead atoms. The lowest BCUT2D eigenvalue weighted by atomic mass is 10.1. The van der Waals surface area contributed by atoms with Gasteiger partial charge in [0.2, 0.25) is 0 Å². The molecular formula is C17H22N2O. The van der Waals surface area contributed by atoms with E-state index in [0.717, 1.165) is 25.1 Å². The normalized spacial score (nSPS) is 12.6. The summed E-state index contributed by atoms with van der Waals surface area (Å²) in [6.07, 6.45) is 4.21. The highest BCUT2D eigenvalue weighted by molar-refractivity contribution is 5.17. The van der Waals surface area contributed by atoms with Crippen LogP contribution in [-0.2, 0) is 6.42 Å². The summed E-state index contributed by atoms with van der Waals surface area (Å²) in [5.74, 6) is 0. The fourth-order valence-electron chi connectivity index (χ4n) is 2.24. The molecule has 0 spiro atoms. The van der Waals surface area contributed by atoms with E-state index in [1.165, 1.54) is 5.56 Å². The maximum Gasteiger partial charge on any atom is 0.0916 e. The Balaban J connectivity index is 1.86. The number of pyridine rings is 1. The fourth-order valence-corrected chi connectivity index (χ4v) is 2.24. The van der Waals surface area contributed by atoms with E-state index in [1.54, 1.807) is 0 Å². The monoisotopic (exact) mass is 270 g/mol. The van der Waals surface area contributed by atoms with Crippen molar-refractivity contribution < 1.29 is 5.11 Å². The van der Waals surface area contributed by atoms with Gasteiger partial charge < -0.3 is 10.0 Å². The number of rotatable bonds is 7. The molecule has 3 heteroatoms. The molecule has 2 rings (SSSR count). The molecule has 2 aromatic rings. The molecule has 1 atom stereocenters. The molecular weight excluding hydrogens is 248 g/mol. The third-order valence-corrected chi connectivity index (χ3v) is 3.53. The highest BCUT2D eigenvalue weighted by Crippen LogP contribution is 2.14. The van der Waals surface area contributed by atoms with Gasteiger partial charge in [0.15, 0.2) is 0 Å². The maximum atomic E-state index is 10.3. The molecule has 20 heavy (non-hydrogen) atoms. The summed E-state index contributed by atoms with van der Waals surface area (Å²) in [6, 6.07) is 13.9. The molecule has 106 valence electrons. The van der Waals surface area contributed by atoms with Crippen LogP contribution >= 0.6 is 0 Å². The molecule has 0 amide bonds. The number of likely N-dealkylation sites (N-methyl/N-ethyl adjacent to an activating group) is 1. The molecule has 1 heterocycles. The summed E-state index contributed by atoms with van der Waals surface area (Å²) in [6.45, 7) is 4.69. The Morgan fingerprint density at radius 1 is 1.10 bits per heavy atom. The Morgan fingerprint density at radius 2 is 1.80 bits per heavy atom. The molecule has 0 aliphatic rings. The zero-order valence-corrected chi connectivity index (χ0v) is 11.9. The zero-order valence-electron chi connectivity index (χ0n) is 11.9. The predicted octanol–water partition coefficient (Wildman–Crippen LogP) is 2.68. The summed E-state index contributed by atoms with van der Waals surface area (Å²) in [5, 5.41) is 10.3. The van der Waals surface area contributed by atoms with Gasteiger partial charge in [-0.25, -0.2) is 0 Å². The minimum Gasteiger partial charge on any atom is -0.387 e. The van der Waals surface area contributed by atoms with Crippen LogP contribution in [0.2, 0.25) is 0 Å². The van der Waals surface area contributed by atoms with E-state index >= 15 is 0 Å². The highest BCUT2D eigenvalue weighted by atomic mass is 16.3. The quantitative estimate of drug-likeness (QED) is 0.840. The summed E-state index contributed by atoms with van der Waals surface area (Å²) in [5.41, 5.74) is 2.27. The summed E-state index contributed by atoms with van der Waals surface area (Å²) in [7, 11) is 0. The van der Waals surface area contributed by atoms with E-state index in [4.69, 9.17) is 0 Å². The first-order chi connectivity index (χ1) is 9.79. The van der Waals surface area contributed by atoms with Crippen LogP contribution in [0.15, 0.2) is 54.9 Å². The fraction of sp³-hybridized carbons (Fsp3) is 0.353. The Bertz CT molecular complexity index is 487. The number of benzene rings is 1. The lowest BCUT2D eigenvalue weighted by Crippen LogP contribution is -2.30. The molecule has 1 aromatic carbocycles. The topological polar surface area (TPSA) is 36.4 Å². The summed E-state index contributed by atoms with van der Waals surface area (Å²) < 4.78 is 0. The van der Waals surface area contributed by atoms with Crippen molar-refractivity contribution in [1.29, 1.82) is 0 Å². The van der Waals surface area contributed by atoms with Crippen molar-refractivity contribution in [2.24, 2.45) is 0 Å². The molecule has 3 nitrogen and oxygen atoms in total. The first kappa shape index (κ1) is 14.7. The van der Waals surface area contributed by atoms with Gasteiger partial charge in [-0.2, -0.15) is 0 Å². The van der Waals surface area contributed by atoms with Crippen LogP contribution in [0.25, 0.3) is 0 Å². The molecule has 1 unspecified atom stereocenters. The van der Waals surface area contributed by atoms with Crippen molar-refractivity contribution in [2.75, 3.05) is 19.6 Å². The van der Waals surface area contributed by atoms with Crippen molar-refractivity contribution in [3.63, 3.8) is 0 Å². The van der Waals surface area contributed by atoms with Gasteiger partial charge in [0, 0.05) is 25.5 Å². The molecule has 0 aliphatic heterocycles. The second-order valence-electron chi connectivity index (χ2n) is 4.93. The number of nitrogens with zero attached hydrogens (tertiary/aromatic N) is 2. The summed E-state index contributed by atoms with van der Waals surface area (Å²) in [4.78, 5) is 6.30. The second kappa shape index (κ2) is 7.78. The SMILES string of the molecule is CCN(CCc1ccncc1)CC(O)c1ccccc1. The summed E-state index contributed by atoms with van der Waals surface area (Å²) >= 11 is 0. The van der Waals surface area contributed by atoms with E-state index in [0.29, 0.717) is 6.54 Å². The first-order valence-electron chi connectivity index (χ1n) is 7.14. The number of aromatic nitrogens is 1. The van der Waals surface area contributed by atoms with Crippen molar-refractivity contribution >= 4 is 0 Å². The number of hydrogen-bond acceptors (Lipinski definition) is 3. The first-order valence-corrected chi connectivity index (χ1v) is 7.14. The Labute approximate surface area is 120 Å². The van der Waals surface area contributed by atoms with Gasteiger partial charge >= 0.3 is 0 Å². The van der Waals surface area contributed by atoms with Crippen molar-refractivity contribution in [3.8, 4) is 0 Å². The average Bonchev–Trinajstić information content (AvgIpc) is 2.53. The van der Waals surface area contributed by atoms with Crippen LogP contribution in [0, 0.1) is 0 Å². The van der Waals surface area contributed by atoms with E-state index in [1.807, 2.05) is 54.9 Å². The van der Waals surface area contributed by atoms with Crippen LogP contribution in [0.5, 0.6) is 0 Å². The smallest absolute Gasteiger partial charge is 0.0916 e. The molecule has 0 radical (unpaired) electrons. The van der Waals surface area contributed by atoms with Crippen LogP contribution in [0.4, 0.5) is 0 Å². The molecule has 0 fully saturated rings. The number of aliphatic hydroxyl groups excluding tert-OH is 1. The van der Waals surface area contributed by atoms with Crippen LogP contribution in [0.1, 0.15) is 24.2 Å². The molecule has 1 aromatic heterocycles. The van der Waals surface area contributed by atoms with Gasteiger partial charge in [-0.15, -0.1) is 0 Å². The van der Waals surface area contributed by atoms with E-state index < -0.39 is 6.10 Å². The van der Waals surface area contributed by atoms with Crippen LogP contribution < -0.4 is 0 Å². The Morgan fingerprint density at radius 3 is 2.45 bits per heavy atom. The van der Waals surface area contributed by atoms with Crippen LogP contribution in [-0.4, -0.2) is 34.6 Å². The molecule has 0 saturated heterocycles. The van der Waals surface area contributed by atoms with Crippen molar-refractivity contribution in [3.05, 3.63) is 66.0 Å². The average molecular weight is 270 g/mol. The van der Waals surface area contributed by atoms with E-state index in [2.05, 4.69) is 16.8 Å². The van der Waals surface area contributed by atoms with Gasteiger partial charge in [-0.3, -0.25) is 4.98 Å². The lowest BCUT2D eigenvalue weighted by molar-refractivity contribution is 0.116. The predicted molar refractivity (Wildman–Crippen MR) is 81.5 cm³/mol. The second-order valence-corrected chi connectivity index (χ2v) is 4.93. The van der Waals surface area contributed by atoms with Gasteiger partial charge in [0.25, 0.3) is 0 Å². The number of aliphatic hydroxyl groups is 1. The van der Waals surface area contributed by atoms with E-state index in [9.17, 15) is 5.11 Å². The lowest BCUT2D eigenvalue weighted by Gasteiger charge is -2.23. The Kier molecular flexibility index (Phi) is 5.71. The minimum absolute atomic E-state index is 0.423. The largest absolute Gasteiger partial charge is 0.387 e. The van der Waals surface area contributed by atoms with E-state index in [-0.39, 0.29) is 0 Å². The van der Waals surface area contributed by atoms with Gasteiger partial charge in [-0.05, 0) is 36.2 Å². The van der Waals surface area contributed by atoms with Crippen LogP contribution in [0.3, 0.4) is 0 Å². The molecule has 1 N–H and O–H groups in total. The molecule has 0 aliphatic carbocycles. The van der Waals surface area contributed by atoms with Gasteiger partial charge in [0.05, 0.1) is 6.10 Å². The maximum absolute atomic E-state index is 10.3.